The molecule has 2 N–H and O–H groups in total. The minimum Gasteiger partial charge on any atom is -0.385 e. The largest absolute Gasteiger partial charge is 0.385 e. The summed E-state index contributed by atoms with van der Waals surface area (Å²) in [5.74, 6) is 0.217. The summed E-state index contributed by atoms with van der Waals surface area (Å²) in [6.45, 7) is 6.54. The summed E-state index contributed by atoms with van der Waals surface area (Å²) in [6.07, 6.45) is 2.23. The lowest BCUT2D eigenvalue weighted by molar-refractivity contribution is -0.384. The summed E-state index contributed by atoms with van der Waals surface area (Å²) in [6, 6.07) is 4.32. The Hall–Kier alpha value is -2.11. The molecule has 1 saturated carbocycles. The van der Waals surface area contributed by atoms with Gasteiger partial charge in [-0.05, 0) is 45.6 Å². The van der Waals surface area contributed by atoms with Crippen molar-refractivity contribution >= 4 is 17.3 Å². The Kier molecular flexibility index (Phi) is 4.16. The fourth-order valence-electron chi connectivity index (χ4n) is 2.45. The van der Waals surface area contributed by atoms with Gasteiger partial charge < -0.3 is 10.6 Å². The Balaban J connectivity index is 2.28. The molecule has 1 aliphatic carbocycles. The molecule has 0 unspecified atom stereocenters. The van der Waals surface area contributed by atoms with Crippen molar-refractivity contribution in [3.63, 3.8) is 0 Å². The highest BCUT2D eigenvalue weighted by Crippen LogP contribution is 2.39. The maximum Gasteiger partial charge on any atom is 0.270 e. The van der Waals surface area contributed by atoms with Crippen molar-refractivity contribution in [2.75, 3.05) is 11.9 Å². The molecule has 21 heavy (non-hydrogen) atoms. The zero-order valence-electron chi connectivity index (χ0n) is 12.6. The molecule has 1 aromatic rings. The zero-order chi connectivity index (χ0) is 15.6. The van der Waals surface area contributed by atoms with Gasteiger partial charge in [-0.2, -0.15) is 0 Å². The predicted octanol–water partition coefficient (Wildman–Crippen LogP) is 2.95. The summed E-state index contributed by atoms with van der Waals surface area (Å²) < 4.78 is 0. The molecule has 6 nitrogen and oxygen atoms in total. The highest BCUT2D eigenvalue weighted by molar-refractivity contribution is 6.00. The van der Waals surface area contributed by atoms with Crippen molar-refractivity contribution in [2.45, 2.75) is 39.2 Å². The standard InChI is InChI=1S/C15H21N3O3/c1-4-16-13-8-7-11(18(20)21)9-12(13)14(19)17-15(2,3)10-5-6-10/h7-10,16H,4-6H2,1-3H3,(H,17,19). The van der Waals surface area contributed by atoms with Crippen molar-refractivity contribution in [3.8, 4) is 0 Å². The van der Waals surface area contributed by atoms with Gasteiger partial charge in [0.1, 0.15) is 0 Å². The van der Waals surface area contributed by atoms with Gasteiger partial charge in [-0.15, -0.1) is 0 Å². The summed E-state index contributed by atoms with van der Waals surface area (Å²) in [4.78, 5) is 22.9. The number of hydrogen-bond donors (Lipinski definition) is 2. The number of anilines is 1. The van der Waals surface area contributed by atoms with Crippen LogP contribution >= 0.6 is 0 Å². The maximum absolute atomic E-state index is 12.5. The van der Waals surface area contributed by atoms with E-state index in [0.717, 1.165) is 12.8 Å². The van der Waals surface area contributed by atoms with Crippen LogP contribution in [0.15, 0.2) is 18.2 Å². The summed E-state index contributed by atoms with van der Waals surface area (Å²) in [5.41, 5.74) is 0.573. The minimum absolute atomic E-state index is 0.0777. The van der Waals surface area contributed by atoms with E-state index in [1.165, 1.54) is 12.1 Å². The average Bonchev–Trinajstić information content (AvgIpc) is 3.23. The molecule has 0 aromatic heterocycles. The number of amides is 1. The molecule has 2 rings (SSSR count). The van der Waals surface area contributed by atoms with E-state index in [1.807, 2.05) is 20.8 Å². The van der Waals surface area contributed by atoms with Crippen molar-refractivity contribution in [1.29, 1.82) is 0 Å². The predicted molar refractivity (Wildman–Crippen MR) is 81.5 cm³/mol. The SMILES string of the molecule is CCNc1ccc([N+](=O)[O-])cc1C(=O)NC(C)(C)C1CC1. The van der Waals surface area contributed by atoms with Crippen LogP contribution in [-0.4, -0.2) is 22.9 Å². The topological polar surface area (TPSA) is 84.3 Å². The van der Waals surface area contributed by atoms with E-state index in [-0.39, 0.29) is 17.1 Å². The summed E-state index contributed by atoms with van der Waals surface area (Å²) in [5, 5.41) is 17.0. The molecule has 0 radical (unpaired) electrons. The monoisotopic (exact) mass is 291 g/mol. The van der Waals surface area contributed by atoms with E-state index in [9.17, 15) is 14.9 Å². The Bertz CT molecular complexity index is 565. The molecule has 6 heteroatoms. The van der Waals surface area contributed by atoms with Crippen LogP contribution in [0.2, 0.25) is 0 Å². The Morgan fingerprint density at radius 1 is 1.43 bits per heavy atom. The number of benzene rings is 1. The normalized spacial score (nSPS) is 14.6. The van der Waals surface area contributed by atoms with Crippen molar-refractivity contribution < 1.29 is 9.72 Å². The molecule has 1 fully saturated rings. The Labute approximate surface area is 124 Å². The molecule has 1 aliphatic rings. The first-order valence-corrected chi connectivity index (χ1v) is 7.20. The first kappa shape index (κ1) is 15.3. The van der Waals surface area contributed by atoms with E-state index in [2.05, 4.69) is 10.6 Å². The van der Waals surface area contributed by atoms with Crippen molar-refractivity contribution in [3.05, 3.63) is 33.9 Å². The van der Waals surface area contributed by atoms with E-state index < -0.39 is 4.92 Å². The molecule has 0 spiro atoms. The van der Waals surface area contributed by atoms with Gasteiger partial charge in [-0.1, -0.05) is 0 Å². The fourth-order valence-corrected chi connectivity index (χ4v) is 2.45. The fraction of sp³-hybridized carbons (Fsp3) is 0.533. The molecule has 114 valence electrons. The van der Waals surface area contributed by atoms with Gasteiger partial charge >= 0.3 is 0 Å². The molecule has 0 saturated heterocycles. The van der Waals surface area contributed by atoms with Gasteiger partial charge in [0.25, 0.3) is 11.6 Å². The Morgan fingerprint density at radius 3 is 2.62 bits per heavy atom. The second-order valence-electron chi connectivity index (χ2n) is 5.97. The van der Waals surface area contributed by atoms with Crippen LogP contribution in [0.3, 0.4) is 0 Å². The highest BCUT2D eigenvalue weighted by Gasteiger charge is 2.39. The van der Waals surface area contributed by atoms with Crippen molar-refractivity contribution in [1.82, 2.24) is 5.32 Å². The van der Waals surface area contributed by atoms with Crippen molar-refractivity contribution in [2.24, 2.45) is 5.92 Å². The van der Waals surface area contributed by atoms with Gasteiger partial charge in [0.2, 0.25) is 0 Å². The molecule has 0 aliphatic heterocycles. The van der Waals surface area contributed by atoms with Crippen LogP contribution in [0.5, 0.6) is 0 Å². The lowest BCUT2D eigenvalue weighted by Gasteiger charge is -2.26. The number of nitro groups is 1. The summed E-state index contributed by atoms with van der Waals surface area (Å²) >= 11 is 0. The lowest BCUT2D eigenvalue weighted by atomic mass is 9.98. The average molecular weight is 291 g/mol. The Morgan fingerprint density at radius 2 is 2.10 bits per heavy atom. The third kappa shape index (κ3) is 3.51. The second-order valence-corrected chi connectivity index (χ2v) is 5.97. The van der Waals surface area contributed by atoms with Crippen LogP contribution in [0.25, 0.3) is 0 Å². The lowest BCUT2D eigenvalue weighted by Crippen LogP contribution is -2.45. The van der Waals surface area contributed by atoms with Gasteiger partial charge in [-0.25, -0.2) is 0 Å². The molecule has 0 bridgehead atoms. The number of non-ortho nitro benzene ring substituents is 1. The molecule has 1 amide bonds. The van der Waals surface area contributed by atoms with Crippen LogP contribution in [0, 0.1) is 16.0 Å². The molecule has 0 heterocycles. The first-order chi connectivity index (χ1) is 9.85. The number of nitrogens with zero attached hydrogens (tertiary/aromatic N) is 1. The van der Waals surface area contributed by atoms with E-state index >= 15 is 0 Å². The second kappa shape index (κ2) is 5.71. The first-order valence-electron chi connectivity index (χ1n) is 7.20. The third-order valence-electron chi connectivity index (χ3n) is 3.86. The van der Waals surface area contributed by atoms with Gasteiger partial charge in [0.15, 0.2) is 0 Å². The molecule has 1 aromatic carbocycles. The quantitative estimate of drug-likeness (QED) is 0.623. The molecular formula is C15H21N3O3. The minimum atomic E-state index is -0.488. The molecular weight excluding hydrogens is 270 g/mol. The smallest absolute Gasteiger partial charge is 0.270 e. The number of nitrogens with one attached hydrogen (secondary N) is 2. The van der Waals surface area contributed by atoms with Crippen LogP contribution in [0.1, 0.15) is 44.0 Å². The van der Waals surface area contributed by atoms with Crippen LogP contribution in [-0.2, 0) is 0 Å². The number of rotatable bonds is 6. The maximum atomic E-state index is 12.5. The number of carbonyl (C=O) groups excluding carboxylic acids is 1. The summed E-state index contributed by atoms with van der Waals surface area (Å²) in [7, 11) is 0. The zero-order valence-corrected chi connectivity index (χ0v) is 12.6. The third-order valence-corrected chi connectivity index (χ3v) is 3.86. The number of nitro benzene ring substituents is 1. The number of carbonyl (C=O) groups is 1. The van der Waals surface area contributed by atoms with Crippen LogP contribution in [0.4, 0.5) is 11.4 Å². The molecule has 0 atom stereocenters. The van der Waals surface area contributed by atoms with Gasteiger partial charge in [0, 0.05) is 29.9 Å². The van der Waals surface area contributed by atoms with E-state index in [1.54, 1.807) is 6.07 Å². The highest BCUT2D eigenvalue weighted by atomic mass is 16.6. The van der Waals surface area contributed by atoms with Crippen LogP contribution < -0.4 is 10.6 Å². The van der Waals surface area contributed by atoms with Gasteiger partial charge in [-0.3, -0.25) is 14.9 Å². The van der Waals surface area contributed by atoms with E-state index in [0.29, 0.717) is 23.7 Å². The number of hydrogen-bond acceptors (Lipinski definition) is 4. The van der Waals surface area contributed by atoms with Gasteiger partial charge in [0.05, 0.1) is 10.5 Å². The van der Waals surface area contributed by atoms with E-state index in [4.69, 9.17) is 0 Å².